The summed E-state index contributed by atoms with van der Waals surface area (Å²) in [6.07, 6.45) is 1.43. The summed E-state index contributed by atoms with van der Waals surface area (Å²) >= 11 is 0. The molecule has 3 heteroatoms. The molecule has 0 aliphatic rings. The molecule has 0 saturated heterocycles. The lowest BCUT2D eigenvalue weighted by molar-refractivity contribution is 0.0958. The van der Waals surface area contributed by atoms with Crippen molar-refractivity contribution in [3.05, 3.63) is 30.1 Å². The second kappa shape index (κ2) is 2.96. The second-order valence-corrected chi connectivity index (χ2v) is 1.67. The number of hydrogen-bond donors (Lipinski definition) is 1. The third-order valence-corrected chi connectivity index (χ3v) is 1.01. The summed E-state index contributed by atoms with van der Waals surface area (Å²) in [6, 6.07) is 4.70. The van der Waals surface area contributed by atoms with Crippen molar-refractivity contribution in [1.82, 2.24) is 10.3 Å². The fourth-order valence-electron chi connectivity index (χ4n) is 0.561. The lowest BCUT2D eigenvalue weighted by atomic mass is 10.3. The summed E-state index contributed by atoms with van der Waals surface area (Å²) in [7, 11) is 0. The standard InChI is InChI=1S/C7H8N2O/c1-8-7(10)6-4-2-3-5-9-6/h2-5H,1H3,(H,8,10)/i1D3. The molecule has 1 amide bonds. The van der Waals surface area contributed by atoms with Gasteiger partial charge in [0, 0.05) is 17.3 Å². The maximum absolute atomic E-state index is 11.1. The molecular weight excluding hydrogens is 128 g/mol. The largest absolute Gasteiger partial charge is 0.354 e. The fourth-order valence-corrected chi connectivity index (χ4v) is 0.561. The van der Waals surface area contributed by atoms with Gasteiger partial charge in [0.1, 0.15) is 5.69 Å². The van der Waals surface area contributed by atoms with Gasteiger partial charge in [-0.25, -0.2) is 0 Å². The van der Waals surface area contributed by atoms with Gasteiger partial charge in [0.2, 0.25) is 0 Å². The third-order valence-electron chi connectivity index (χ3n) is 1.01. The predicted molar refractivity (Wildman–Crippen MR) is 37.6 cm³/mol. The van der Waals surface area contributed by atoms with Crippen LogP contribution in [-0.2, 0) is 0 Å². The number of pyridine rings is 1. The maximum atomic E-state index is 11.1. The molecule has 1 rings (SSSR count). The Kier molecular flexibility index (Phi) is 1.10. The van der Waals surface area contributed by atoms with Crippen LogP contribution in [0.4, 0.5) is 0 Å². The van der Waals surface area contributed by atoms with Gasteiger partial charge in [0.25, 0.3) is 5.91 Å². The van der Waals surface area contributed by atoms with E-state index in [0.29, 0.717) is 0 Å². The maximum Gasteiger partial charge on any atom is 0.269 e. The normalized spacial score (nSPS) is 14.6. The average Bonchev–Trinajstić information content (AvgIpc) is 2.03. The first-order chi connectivity index (χ1) is 5.99. The van der Waals surface area contributed by atoms with E-state index in [2.05, 4.69) is 4.98 Å². The molecule has 0 aromatic carbocycles. The number of nitrogens with zero attached hydrogens (tertiary/aromatic N) is 1. The van der Waals surface area contributed by atoms with Crippen LogP contribution in [0.3, 0.4) is 0 Å². The highest BCUT2D eigenvalue weighted by Crippen LogP contribution is 1.90. The Labute approximate surface area is 63.3 Å². The van der Waals surface area contributed by atoms with Crippen molar-refractivity contribution < 1.29 is 8.91 Å². The molecule has 1 aromatic heterocycles. The number of aromatic nitrogens is 1. The molecule has 0 spiro atoms. The lowest BCUT2D eigenvalue weighted by Gasteiger charge is -1.94. The smallest absolute Gasteiger partial charge is 0.269 e. The molecule has 0 saturated carbocycles. The van der Waals surface area contributed by atoms with Crippen LogP contribution in [0.2, 0.25) is 0 Å². The first-order valence-corrected chi connectivity index (χ1v) is 2.72. The zero-order valence-corrected chi connectivity index (χ0v) is 5.16. The van der Waals surface area contributed by atoms with E-state index in [-0.39, 0.29) is 5.69 Å². The van der Waals surface area contributed by atoms with Crippen LogP contribution in [0.5, 0.6) is 0 Å². The average molecular weight is 139 g/mol. The molecule has 0 unspecified atom stereocenters. The highest BCUT2D eigenvalue weighted by molar-refractivity contribution is 5.91. The van der Waals surface area contributed by atoms with Gasteiger partial charge in [0.15, 0.2) is 0 Å². The number of nitrogens with one attached hydrogen (secondary N) is 1. The van der Waals surface area contributed by atoms with Crippen molar-refractivity contribution in [2.75, 3.05) is 6.98 Å². The molecule has 1 heterocycles. The topological polar surface area (TPSA) is 42.0 Å². The van der Waals surface area contributed by atoms with Crippen molar-refractivity contribution in [2.45, 2.75) is 0 Å². The van der Waals surface area contributed by atoms with Crippen LogP contribution in [0.1, 0.15) is 14.6 Å². The number of rotatable bonds is 1. The molecule has 0 atom stereocenters. The molecule has 10 heavy (non-hydrogen) atoms. The van der Waals surface area contributed by atoms with Crippen LogP contribution in [0.15, 0.2) is 24.4 Å². The fraction of sp³-hybridized carbons (Fsp3) is 0.143. The highest BCUT2D eigenvalue weighted by atomic mass is 16.1. The van der Waals surface area contributed by atoms with E-state index in [1.807, 2.05) is 5.32 Å². The Hall–Kier alpha value is -1.38. The zero-order valence-electron chi connectivity index (χ0n) is 8.16. The molecule has 1 N–H and O–H groups in total. The SMILES string of the molecule is [2H]C([2H])([2H])NC(=O)c1ccccn1. The van der Waals surface area contributed by atoms with Gasteiger partial charge >= 0.3 is 0 Å². The van der Waals surface area contributed by atoms with Crippen LogP contribution >= 0.6 is 0 Å². The molecular formula is C7H8N2O. The van der Waals surface area contributed by atoms with Crippen LogP contribution in [0, 0.1) is 0 Å². The summed E-state index contributed by atoms with van der Waals surface area (Å²) < 4.78 is 20.4. The van der Waals surface area contributed by atoms with Crippen LogP contribution in [0.25, 0.3) is 0 Å². The summed E-state index contributed by atoms with van der Waals surface area (Å²) in [4.78, 5) is 14.8. The predicted octanol–water partition coefficient (Wildman–Crippen LogP) is 0.441. The van der Waals surface area contributed by atoms with Gasteiger partial charge in [-0.3, -0.25) is 9.78 Å². The van der Waals surface area contributed by atoms with Crippen molar-refractivity contribution in [3.63, 3.8) is 0 Å². The van der Waals surface area contributed by atoms with E-state index < -0.39 is 12.9 Å². The number of amides is 1. The Morgan fingerprint density at radius 1 is 1.80 bits per heavy atom. The molecule has 52 valence electrons. The Balaban J connectivity index is 2.71. The van der Waals surface area contributed by atoms with Crippen molar-refractivity contribution in [2.24, 2.45) is 0 Å². The van der Waals surface area contributed by atoms with E-state index in [0.717, 1.165) is 0 Å². The van der Waals surface area contributed by atoms with Crippen molar-refractivity contribution in [1.29, 1.82) is 0 Å². The minimum atomic E-state index is -2.46. The summed E-state index contributed by atoms with van der Waals surface area (Å²) in [5, 5.41) is 1.83. The summed E-state index contributed by atoms with van der Waals surface area (Å²) in [5.41, 5.74) is 0.0959. The second-order valence-electron chi connectivity index (χ2n) is 1.67. The Morgan fingerprint density at radius 3 is 3.30 bits per heavy atom. The number of carbonyl (C=O) groups excluding carboxylic acids is 1. The van der Waals surface area contributed by atoms with Gasteiger partial charge < -0.3 is 5.32 Å². The van der Waals surface area contributed by atoms with Gasteiger partial charge in [-0.05, 0) is 12.1 Å². The molecule has 0 fully saturated rings. The third kappa shape index (κ3) is 1.31. The molecule has 0 radical (unpaired) electrons. The van der Waals surface area contributed by atoms with E-state index in [1.165, 1.54) is 12.3 Å². The Morgan fingerprint density at radius 2 is 2.70 bits per heavy atom. The minimum absolute atomic E-state index is 0.0959. The van der Waals surface area contributed by atoms with Gasteiger partial charge in [-0.2, -0.15) is 0 Å². The lowest BCUT2D eigenvalue weighted by Crippen LogP contribution is -2.18. The quantitative estimate of drug-likeness (QED) is 0.613. The van der Waals surface area contributed by atoms with E-state index in [1.54, 1.807) is 12.1 Å². The summed E-state index contributed by atoms with van der Waals surface area (Å²) in [5.74, 6) is -0.694. The summed E-state index contributed by atoms with van der Waals surface area (Å²) in [6.45, 7) is -2.46. The van der Waals surface area contributed by atoms with Crippen LogP contribution in [-0.4, -0.2) is 17.9 Å². The van der Waals surface area contributed by atoms with E-state index >= 15 is 0 Å². The highest BCUT2D eigenvalue weighted by Gasteiger charge is 1.99. The monoisotopic (exact) mass is 139 g/mol. The molecule has 3 nitrogen and oxygen atoms in total. The molecule has 0 aliphatic carbocycles. The number of carbonyl (C=O) groups is 1. The molecule has 0 bridgehead atoms. The van der Waals surface area contributed by atoms with Crippen molar-refractivity contribution in [3.8, 4) is 0 Å². The minimum Gasteiger partial charge on any atom is -0.354 e. The molecule has 1 aromatic rings. The Bertz CT molecular complexity index is 296. The van der Waals surface area contributed by atoms with Crippen molar-refractivity contribution >= 4 is 5.91 Å². The van der Waals surface area contributed by atoms with E-state index in [4.69, 9.17) is 4.11 Å². The van der Waals surface area contributed by atoms with Gasteiger partial charge in [-0.15, -0.1) is 0 Å². The zero-order chi connectivity index (χ0) is 9.90. The first-order valence-electron chi connectivity index (χ1n) is 4.22. The van der Waals surface area contributed by atoms with Crippen LogP contribution < -0.4 is 5.32 Å². The number of hydrogen-bond acceptors (Lipinski definition) is 2. The van der Waals surface area contributed by atoms with E-state index in [9.17, 15) is 4.79 Å². The molecule has 0 aliphatic heterocycles. The first kappa shape index (κ1) is 3.71. The van der Waals surface area contributed by atoms with Gasteiger partial charge in [0.05, 0.1) is 0 Å². The van der Waals surface area contributed by atoms with Gasteiger partial charge in [-0.1, -0.05) is 6.07 Å².